The molecule has 0 bridgehead atoms. The molecule has 0 saturated carbocycles. The van der Waals surface area contributed by atoms with Gasteiger partial charge in [-0.15, -0.1) is 5.10 Å². The highest BCUT2D eigenvalue weighted by atomic mass is 16.2. The van der Waals surface area contributed by atoms with Crippen molar-refractivity contribution >= 4 is 28.4 Å². The Kier molecular flexibility index (Phi) is 3.27. The van der Waals surface area contributed by atoms with Gasteiger partial charge in [0.25, 0.3) is 0 Å². The number of urea groups is 1. The second kappa shape index (κ2) is 5.24. The summed E-state index contributed by atoms with van der Waals surface area (Å²) in [6, 6.07) is 12.8. The standard InChI is InChI=1S/C15H15N5O/c1-10-3-5-11(6-4-10)16-15(21)17-12-7-8-14-13(9-12)18-19-20(14)2/h3-9H,1-2H3,(H2,16,17,21). The van der Waals surface area contributed by atoms with Crippen molar-refractivity contribution in [3.63, 3.8) is 0 Å². The smallest absolute Gasteiger partial charge is 0.308 e. The minimum Gasteiger partial charge on any atom is -0.308 e. The van der Waals surface area contributed by atoms with E-state index in [0.29, 0.717) is 5.69 Å². The zero-order valence-electron chi connectivity index (χ0n) is 11.8. The van der Waals surface area contributed by atoms with Gasteiger partial charge in [0.1, 0.15) is 5.52 Å². The Bertz CT molecular complexity index is 791. The van der Waals surface area contributed by atoms with Gasteiger partial charge in [-0.2, -0.15) is 0 Å². The lowest BCUT2D eigenvalue weighted by Crippen LogP contribution is -2.19. The van der Waals surface area contributed by atoms with E-state index in [4.69, 9.17) is 0 Å². The maximum Gasteiger partial charge on any atom is 0.323 e. The first-order valence-electron chi connectivity index (χ1n) is 6.56. The fraction of sp³-hybridized carbons (Fsp3) is 0.133. The van der Waals surface area contributed by atoms with E-state index in [2.05, 4.69) is 20.9 Å². The van der Waals surface area contributed by atoms with Crippen LogP contribution in [0.1, 0.15) is 5.56 Å². The summed E-state index contributed by atoms with van der Waals surface area (Å²) >= 11 is 0. The SMILES string of the molecule is Cc1ccc(NC(=O)Nc2ccc3c(c2)nnn3C)cc1. The summed E-state index contributed by atoms with van der Waals surface area (Å²) in [5.74, 6) is 0. The number of anilines is 2. The van der Waals surface area contributed by atoms with Crippen LogP contribution >= 0.6 is 0 Å². The number of rotatable bonds is 2. The van der Waals surface area contributed by atoms with E-state index in [0.717, 1.165) is 22.3 Å². The van der Waals surface area contributed by atoms with Gasteiger partial charge in [0.05, 0.1) is 5.52 Å². The van der Waals surface area contributed by atoms with Gasteiger partial charge in [-0.1, -0.05) is 22.9 Å². The van der Waals surface area contributed by atoms with Crippen LogP contribution in [0.25, 0.3) is 11.0 Å². The van der Waals surface area contributed by atoms with Crippen LogP contribution in [0, 0.1) is 6.92 Å². The van der Waals surface area contributed by atoms with E-state index in [1.54, 1.807) is 10.7 Å². The second-order valence-corrected chi connectivity index (χ2v) is 4.86. The monoisotopic (exact) mass is 281 g/mol. The van der Waals surface area contributed by atoms with Gasteiger partial charge in [-0.25, -0.2) is 9.48 Å². The molecule has 6 nitrogen and oxygen atoms in total. The molecule has 6 heteroatoms. The van der Waals surface area contributed by atoms with Gasteiger partial charge in [0.2, 0.25) is 0 Å². The maximum absolute atomic E-state index is 11.9. The van der Waals surface area contributed by atoms with E-state index < -0.39 is 0 Å². The lowest BCUT2D eigenvalue weighted by Gasteiger charge is -2.07. The Morgan fingerprint density at radius 1 is 1.05 bits per heavy atom. The van der Waals surface area contributed by atoms with E-state index >= 15 is 0 Å². The Balaban J connectivity index is 1.72. The van der Waals surface area contributed by atoms with Crippen molar-refractivity contribution in [3.8, 4) is 0 Å². The lowest BCUT2D eigenvalue weighted by atomic mass is 10.2. The average Bonchev–Trinajstić information content (AvgIpc) is 2.82. The lowest BCUT2D eigenvalue weighted by molar-refractivity contribution is 0.262. The summed E-state index contributed by atoms with van der Waals surface area (Å²) in [6.07, 6.45) is 0. The summed E-state index contributed by atoms with van der Waals surface area (Å²) < 4.78 is 1.69. The van der Waals surface area contributed by atoms with Crippen LogP contribution < -0.4 is 10.6 Å². The number of aromatic nitrogens is 3. The third-order valence-electron chi connectivity index (χ3n) is 3.18. The van der Waals surface area contributed by atoms with E-state index in [1.807, 2.05) is 50.4 Å². The highest BCUT2D eigenvalue weighted by Crippen LogP contribution is 2.17. The number of nitrogens with zero attached hydrogens (tertiary/aromatic N) is 3. The Labute approximate surface area is 121 Å². The Morgan fingerprint density at radius 2 is 1.71 bits per heavy atom. The first-order valence-corrected chi connectivity index (χ1v) is 6.56. The Hall–Kier alpha value is -2.89. The van der Waals surface area contributed by atoms with Crippen molar-refractivity contribution in [1.29, 1.82) is 0 Å². The molecule has 2 amide bonds. The van der Waals surface area contributed by atoms with Crippen molar-refractivity contribution in [2.75, 3.05) is 10.6 Å². The maximum atomic E-state index is 11.9. The highest BCUT2D eigenvalue weighted by Gasteiger charge is 2.06. The van der Waals surface area contributed by atoms with Crippen molar-refractivity contribution in [3.05, 3.63) is 48.0 Å². The van der Waals surface area contributed by atoms with Crippen LogP contribution in [0.3, 0.4) is 0 Å². The molecule has 0 aliphatic carbocycles. The number of benzene rings is 2. The molecule has 0 aliphatic rings. The molecule has 3 rings (SSSR count). The number of amides is 2. The van der Waals surface area contributed by atoms with Crippen LogP contribution in [0.2, 0.25) is 0 Å². The summed E-state index contributed by atoms with van der Waals surface area (Å²) in [7, 11) is 1.83. The van der Waals surface area contributed by atoms with Gasteiger partial charge in [-0.3, -0.25) is 0 Å². The van der Waals surface area contributed by atoms with E-state index in [9.17, 15) is 4.79 Å². The number of aryl methyl sites for hydroxylation is 2. The zero-order valence-corrected chi connectivity index (χ0v) is 11.8. The normalized spacial score (nSPS) is 10.6. The van der Waals surface area contributed by atoms with Crippen LogP contribution in [-0.4, -0.2) is 21.0 Å². The molecule has 2 N–H and O–H groups in total. The first-order chi connectivity index (χ1) is 10.1. The largest absolute Gasteiger partial charge is 0.323 e. The third kappa shape index (κ3) is 2.84. The summed E-state index contributed by atoms with van der Waals surface area (Å²) in [4.78, 5) is 11.9. The van der Waals surface area contributed by atoms with Crippen molar-refractivity contribution in [1.82, 2.24) is 15.0 Å². The number of hydrogen-bond acceptors (Lipinski definition) is 3. The Morgan fingerprint density at radius 3 is 2.48 bits per heavy atom. The number of fused-ring (bicyclic) bond motifs is 1. The molecule has 1 heterocycles. The van der Waals surface area contributed by atoms with Gasteiger partial charge < -0.3 is 10.6 Å². The molecule has 1 aromatic heterocycles. The van der Waals surface area contributed by atoms with Crippen LogP contribution in [0.4, 0.5) is 16.2 Å². The van der Waals surface area contributed by atoms with Crippen LogP contribution in [0.5, 0.6) is 0 Å². The second-order valence-electron chi connectivity index (χ2n) is 4.86. The van der Waals surface area contributed by atoms with Crippen LogP contribution in [0.15, 0.2) is 42.5 Å². The van der Waals surface area contributed by atoms with E-state index in [1.165, 1.54) is 0 Å². The highest BCUT2D eigenvalue weighted by molar-refractivity contribution is 6.00. The van der Waals surface area contributed by atoms with Gasteiger partial charge in [-0.05, 0) is 37.3 Å². The number of hydrogen-bond donors (Lipinski definition) is 2. The molecule has 0 radical (unpaired) electrons. The van der Waals surface area contributed by atoms with Crippen molar-refractivity contribution in [2.45, 2.75) is 6.92 Å². The molecular formula is C15H15N5O. The molecule has 0 unspecified atom stereocenters. The molecule has 21 heavy (non-hydrogen) atoms. The van der Waals surface area contributed by atoms with Crippen molar-refractivity contribution < 1.29 is 4.79 Å². The fourth-order valence-corrected chi connectivity index (χ4v) is 2.05. The molecule has 0 fully saturated rings. The third-order valence-corrected chi connectivity index (χ3v) is 3.18. The number of carbonyl (C=O) groups excluding carboxylic acids is 1. The fourth-order valence-electron chi connectivity index (χ4n) is 2.05. The summed E-state index contributed by atoms with van der Waals surface area (Å²) in [6.45, 7) is 2.00. The summed E-state index contributed by atoms with van der Waals surface area (Å²) in [5.41, 5.74) is 4.23. The molecule has 0 aliphatic heterocycles. The molecule has 3 aromatic rings. The minimum atomic E-state index is -0.290. The average molecular weight is 281 g/mol. The zero-order chi connectivity index (χ0) is 14.8. The van der Waals surface area contributed by atoms with E-state index in [-0.39, 0.29) is 6.03 Å². The van der Waals surface area contributed by atoms with Crippen LogP contribution in [-0.2, 0) is 7.05 Å². The molecule has 0 atom stereocenters. The predicted octanol–water partition coefficient (Wildman–Crippen LogP) is 2.92. The number of nitrogens with one attached hydrogen (secondary N) is 2. The molecule has 2 aromatic carbocycles. The molecule has 0 spiro atoms. The minimum absolute atomic E-state index is 0.290. The van der Waals surface area contributed by atoms with Gasteiger partial charge in [0, 0.05) is 18.4 Å². The molecule has 0 saturated heterocycles. The summed E-state index contributed by atoms with van der Waals surface area (Å²) in [5, 5.41) is 13.5. The van der Waals surface area contributed by atoms with Gasteiger partial charge >= 0.3 is 6.03 Å². The molecule has 106 valence electrons. The van der Waals surface area contributed by atoms with Crippen molar-refractivity contribution in [2.24, 2.45) is 7.05 Å². The topological polar surface area (TPSA) is 71.8 Å². The first kappa shape index (κ1) is 13.1. The van der Waals surface area contributed by atoms with Gasteiger partial charge in [0.15, 0.2) is 0 Å². The quantitative estimate of drug-likeness (QED) is 0.758. The number of carbonyl (C=O) groups is 1. The predicted molar refractivity (Wildman–Crippen MR) is 82.3 cm³/mol. The molecular weight excluding hydrogens is 266 g/mol.